The van der Waals surface area contributed by atoms with Crippen LogP contribution in [0.2, 0.25) is 0 Å². The lowest BCUT2D eigenvalue weighted by Crippen LogP contribution is -2.66. The van der Waals surface area contributed by atoms with Crippen LogP contribution in [0.25, 0.3) is 0 Å². The molecule has 3 fully saturated rings. The SMILES string of the molecule is CC(C)CS(=O)(=O)N1CCC(CN(C)[C@H]2C3N(C)CC34Cc3ccc(O)cc3[C@@]2(C)C4)CC1. The summed E-state index contributed by atoms with van der Waals surface area (Å²) in [5.74, 6) is 1.31. The van der Waals surface area contributed by atoms with Crippen LogP contribution in [0.4, 0.5) is 0 Å². The largest absolute Gasteiger partial charge is 0.508 e. The molecule has 4 atom stereocenters. The zero-order valence-electron chi connectivity index (χ0n) is 20.9. The van der Waals surface area contributed by atoms with Gasteiger partial charge in [-0.2, -0.15) is 0 Å². The van der Waals surface area contributed by atoms with Gasteiger partial charge in [-0.25, -0.2) is 12.7 Å². The van der Waals surface area contributed by atoms with Gasteiger partial charge in [0.05, 0.1) is 5.75 Å². The molecule has 4 aliphatic rings. The Balaban J connectivity index is 1.33. The predicted molar refractivity (Wildman–Crippen MR) is 132 cm³/mol. The molecule has 2 aliphatic heterocycles. The molecule has 2 saturated heterocycles. The molecule has 0 radical (unpaired) electrons. The Morgan fingerprint density at radius 2 is 1.94 bits per heavy atom. The Labute approximate surface area is 200 Å². The molecule has 1 aromatic rings. The van der Waals surface area contributed by atoms with Crippen molar-refractivity contribution >= 4 is 10.0 Å². The lowest BCUT2D eigenvalue weighted by molar-refractivity contribution is -0.0604. The van der Waals surface area contributed by atoms with E-state index < -0.39 is 10.0 Å². The molecule has 2 heterocycles. The molecule has 5 rings (SSSR count). The van der Waals surface area contributed by atoms with Crippen molar-refractivity contribution in [3.63, 3.8) is 0 Å². The molecule has 1 aromatic carbocycles. The number of phenolic OH excluding ortho intramolecular Hbond substituents is 1. The first-order chi connectivity index (χ1) is 15.4. The van der Waals surface area contributed by atoms with Gasteiger partial charge in [-0.1, -0.05) is 26.8 Å². The molecule has 1 spiro atoms. The zero-order chi connectivity index (χ0) is 23.8. The highest BCUT2D eigenvalue weighted by Gasteiger charge is 2.69. The number of phenols is 1. The summed E-state index contributed by atoms with van der Waals surface area (Å²) in [6.45, 7) is 9.83. The summed E-state index contributed by atoms with van der Waals surface area (Å²) in [7, 11) is 1.41. The van der Waals surface area contributed by atoms with Crippen molar-refractivity contribution < 1.29 is 13.5 Å². The highest BCUT2D eigenvalue weighted by molar-refractivity contribution is 7.89. The molecule has 33 heavy (non-hydrogen) atoms. The summed E-state index contributed by atoms with van der Waals surface area (Å²) in [5.41, 5.74) is 3.12. The van der Waals surface area contributed by atoms with Crippen LogP contribution < -0.4 is 0 Å². The molecule has 7 heteroatoms. The number of hydrogen-bond acceptors (Lipinski definition) is 5. The van der Waals surface area contributed by atoms with E-state index >= 15 is 0 Å². The fraction of sp³-hybridized carbons (Fsp3) is 0.769. The summed E-state index contributed by atoms with van der Waals surface area (Å²) in [4.78, 5) is 5.13. The quantitative estimate of drug-likeness (QED) is 0.685. The van der Waals surface area contributed by atoms with Gasteiger partial charge in [-0.3, -0.25) is 0 Å². The van der Waals surface area contributed by atoms with Gasteiger partial charge in [0.15, 0.2) is 0 Å². The number of benzene rings is 1. The number of likely N-dealkylation sites (tertiary alicyclic amines) is 1. The fourth-order valence-corrected chi connectivity index (χ4v) is 10.0. The van der Waals surface area contributed by atoms with Crippen molar-refractivity contribution in [2.45, 2.75) is 64.0 Å². The van der Waals surface area contributed by atoms with E-state index in [1.54, 1.807) is 4.31 Å². The Hall–Kier alpha value is -1.15. The Morgan fingerprint density at radius 1 is 1.24 bits per heavy atom. The first kappa shape index (κ1) is 23.6. The minimum Gasteiger partial charge on any atom is -0.508 e. The number of rotatable bonds is 6. The molecule has 1 saturated carbocycles. The Kier molecular flexibility index (Phi) is 5.67. The van der Waals surface area contributed by atoms with Crippen molar-refractivity contribution in [1.29, 1.82) is 0 Å². The third kappa shape index (κ3) is 3.74. The summed E-state index contributed by atoms with van der Waals surface area (Å²) >= 11 is 0. The molecule has 2 aliphatic carbocycles. The van der Waals surface area contributed by atoms with E-state index in [4.69, 9.17) is 0 Å². The second kappa shape index (κ2) is 7.94. The molecule has 0 aromatic heterocycles. The van der Waals surface area contributed by atoms with Gasteiger partial charge in [0.2, 0.25) is 10.0 Å². The summed E-state index contributed by atoms with van der Waals surface area (Å²) in [6.07, 6.45) is 4.18. The number of fused-ring (bicyclic) bond motifs is 3. The molecule has 1 N–H and O–H groups in total. The number of sulfonamides is 1. The van der Waals surface area contributed by atoms with Crippen LogP contribution in [-0.4, -0.2) is 85.7 Å². The second-order valence-electron chi connectivity index (χ2n) is 12.2. The van der Waals surface area contributed by atoms with E-state index in [0.29, 0.717) is 42.3 Å². The Bertz CT molecular complexity index is 1020. The molecule has 184 valence electrons. The molecular formula is C26H41N3O3S. The van der Waals surface area contributed by atoms with Crippen LogP contribution in [0.3, 0.4) is 0 Å². The molecule has 2 bridgehead atoms. The zero-order valence-corrected chi connectivity index (χ0v) is 21.7. The lowest BCUT2D eigenvalue weighted by atomic mass is 9.63. The maximum Gasteiger partial charge on any atom is 0.214 e. The number of hydrogen-bond donors (Lipinski definition) is 1. The first-order valence-electron chi connectivity index (χ1n) is 12.7. The monoisotopic (exact) mass is 475 g/mol. The van der Waals surface area contributed by atoms with E-state index in [-0.39, 0.29) is 17.1 Å². The van der Waals surface area contributed by atoms with Gasteiger partial charge in [0.25, 0.3) is 0 Å². The average molecular weight is 476 g/mol. The van der Waals surface area contributed by atoms with Gasteiger partial charge in [0.1, 0.15) is 5.75 Å². The fourth-order valence-electron chi connectivity index (χ4n) is 8.22. The standard InChI is InChI=1S/C26H41N3O3S/c1-18(2)15-33(31,32)29-10-8-19(9-11-29)14-27(4)23-24-26(17-28(24)5)13-20-6-7-21(30)12-22(20)25(23,3)16-26/h6-7,12,18-19,23-24,30H,8-11,13-17H2,1-5H3/t23-,24?,25+,26?/m0/s1. The minimum absolute atomic E-state index is 0.0256. The molecule has 2 unspecified atom stereocenters. The smallest absolute Gasteiger partial charge is 0.214 e. The second-order valence-corrected chi connectivity index (χ2v) is 14.2. The maximum atomic E-state index is 12.7. The van der Waals surface area contributed by atoms with Crippen molar-refractivity contribution in [2.24, 2.45) is 17.3 Å². The van der Waals surface area contributed by atoms with Crippen molar-refractivity contribution in [2.75, 3.05) is 46.0 Å². The van der Waals surface area contributed by atoms with Crippen LogP contribution in [0.15, 0.2) is 18.2 Å². The van der Waals surface area contributed by atoms with Gasteiger partial charge in [-0.15, -0.1) is 0 Å². The van der Waals surface area contributed by atoms with Crippen LogP contribution in [-0.2, 0) is 21.9 Å². The summed E-state index contributed by atoms with van der Waals surface area (Å²) in [6, 6.07) is 6.96. The van der Waals surface area contributed by atoms with Crippen LogP contribution >= 0.6 is 0 Å². The van der Waals surface area contributed by atoms with Gasteiger partial charge < -0.3 is 14.9 Å². The topological polar surface area (TPSA) is 64.1 Å². The van der Waals surface area contributed by atoms with E-state index in [1.165, 1.54) is 17.5 Å². The molecule has 6 nitrogen and oxygen atoms in total. The summed E-state index contributed by atoms with van der Waals surface area (Å²) in [5, 5.41) is 10.3. The number of piperidine rings is 1. The maximum absolute atomic E-state index is 12.7. The number of likely N-dealkylation sites (N-methyl/N-ethyl adjacent to an activating group) is 2. The lowest BCUT2D eigenvalue weighted by Gasteiger charge is -2.55. The average Bonchev–Trinajstić information content (AvgIpc) is 2.89. The van der Waals surface area contributed by atoms with Gasteiger partial charge >= 0.3 is 0 Å². The Morgan fingerprint density at radius 3 is 2.58 bits per heavy atom. The van der Waals surface area contributed by atoms with Crippen LogP contribution in [0, 0.1) is 17.3 Å². The van der Waals surface area contributed by atoms with Crippen LogP contribution in [0.1, 0.15) is 51.2 Å². The number of aromatic hydroxyl groups is 1. The van der Waals surface area contributed by atoms with Crippen molar-refractivity contribution in [1.82, 2.24) is 14.1 Å². The van der Waals surface area contributed by atoms with E-state index in [0.717, 1.165) is 32.4 Å². The molecular weight excluding hydrogens is 434 g/mol. The van der Waals surface area contributed by atoms with Crippen LogP contribution in [0.5, 0.6) is 5.75 Å². The first-order valence-corrected chi connectivity index (χ1v) is 14.3. The highest BCUT2D eigenvalue weighted by atomic mass is 32.2. The van der Waals surface area contributed by atoms with Crippen molar-refractivity contribution in [3.05, 3.63) is 29.3 Å². The van der Waals surface area contributed by atoms with Gasteiger partial charge in [0, 0.05) is 49.1 Å². The van der Waals surface area contributed by atoms with E-state index in [2.05, 4.69) is 36.9 Å². The van der Waals surface area contributed by atoms with E-state index in [9.17, 15) is 13.5 Å². The van der Waals surface area contributed by atoms with Gasteiger partial charge in [-0.05, 0) is 74.9 Å². The molecule has 0 amide bonds. The third-order valence-electron chi connectivity index (χ3n) is 9.12. The van der Waals surface area contributed by atoms with Crippen molar-refractivity contribution in [3.8, 4) is 5.75 Å². The van der Waals surface area contributed by atoms with E-state index in [1.807, 2.05) is 26.0 Å². The normalized spacial score (nSPS) is 35.0. The minimum atomic E-state index is -3.13. The third-order valence-corrected chi connectivity index (χ3v) is 11.4. The highest BCUT2D eigenvalue weighted by Crippen LogP contribution is 2.64. The predicted octanol–water partition coefficient (Wildman–Crippen LogP) is 2.91. The summed E-state index contributed by atoms with van der Waals surface area (Å²) < 4.78 is 27.0. The number of nitrogens with zero attached hydrogens (tertiary/aromatic N) is 3.